The number of hydrogen-bond donors (Lipinski definition) is 0. The first-order valence-corrected chi connectivity index (χ1v) is 8.46. The number of amides is 4. The van der Waals surface area contributed by atoms with Gasteiger partial charge in [0.15, 0.2) is 11.5 Å². The standard InChI is InChI=1S/C20H20N2O6/c1-12-9-16(27-3)17(28-4)10-13(12)11-21-18(23)19(24)22(20(21)25)14-5-7-15(26-2)8-6-14/h5-10H,11H2,1-4H3. The number of carbonyl (C=O) groups excluding carboxylic acids is 3. The van der Waals surface area contributed by atoms with E-state index < -0.39 is 17.8 Å². The van der Waals surface area contributed by atoms with Crippen LogP contribution in [0.1, 0.15) is 11.1 Å². The number of methoxy groups -OCH3 is 3. The highest BCUT2D eigenvalue weighted by molar-refractivity contribution is 6.52. The molecule has 0 atom stereocenters. The summed E-state index contributed by atoms with van der Waals surface area (Å²) in [6.45, 7) is 1.77. The number of aryl methyl sites for hydroxylation is 1. The second-order valence-corrected chi connectivity index (χ2v) is 6.15. The van der Waals surface area contributed by atoms with Gasteiger partial charge < -0.3 is 14.2 Å². The van der Waals surface area contributed by atoms with Crippen LogP contribution in [0.4, 0.5) is 10.5 Å². The van der Waals surface area contributed by atoms with Gasteiger partial charge in [-0.1, -0.05) is 0 Å². The topological polar surface area (TPSA) is 85.4 Å². The van der Waals surface area contributed by atoms with E-state index in [0.29, 0.717) is 28.5 Å². The summed E-state index contributed by atoms with van der Waals surface area (Å²) in [4.78, 5) is 39.4. The van der Waals surface area contributed by atoms with Crippen molar-refractivity contribution in [1.82, 2.24) is 4.90 Å². The van der Waals surface area contributed by atoms with Crippen molar-refractivity contribution in [2.24, 2.45) is 0 Å². The van der Waals surface area contributed by atoms with Crippen molar-refractivity contribution in [2.75, 3.05) is 26.2 Å². The summed E-state index contributed by atoms with van der Waals surface area (Å²) in [6, 6.07) is 9.06. The van der Waals surface area contributed by atoms with Gasteiger partial charge in [-0.25, -0.2) is 9.69 Å². The third-order valence-corrected chi connectivity index (χ3v) is 4.55. The normalized spacial score (nSPS) is 13.9. The van der Waals surface area contributed by atoms with Gasteiger partial charge in [-0.15, -0.1) is 0 Å². The molecular formula is C20H20N2O6. The van der Waals surface area contributed by atoms with E-state index in [2.05, 4.69) is 0 Å². The van der Waals surface area contributed by atoms with Crippen molar-refractivity contribution in [3.05, 3.63) is 47.5 Å². The van der Waals surface area contributed by atoms with Crippen molar-refractivity contribution >= 4 is 23.5 Å². The van der Waals surface area contributed by atoms with Gasteiger partial charge in [-0.3, -0.25) is 14.5 Å². The molecule has 1 aliphatic heterocycles. The minimum atomic E-state index is -0.895. The van der Waals surface area contributed by atoms with Crippen molar-refractivity contribution in [1.29, 1.82) is 0 Å². The molecule has 146 valence electrons. The molecule has 28 heavy (non-hydrogen) atoms. The summed E-state index contributed by atoms with van der Waals surface area (Å²) in [6.07, 6.45) is 0. The van der Waals surface area contributed by atoms with Crippen molar-refractivity contribution < 1.29 is 28.6 Å². The van der Waals surface area contributed by atoms with E-state index in [9.17, 15) is 14.4 Å². The molecule has 0 aliphatic carbocycles. The second kappa shape index (κ2) is 7.59. The van der Waals surface area contributed by atoms with Gasteiger partial charge in [0.25, 0.3) is 0 Å². The smallest absolute Gasteiger partial charge is 0.339 e. The van der Waals surface area contributed by atoms with Crippen molar-refractivity contribution in [3.63, 3.8) is 0 Å². The summed E-state index contributed by atoms with van der Waals surface area (Å²) in [5.41, 5.74) is 1.77. The van der Waals surface area contributed by atoms with E-state index >= 15 is 0 Å². The lowest BCUT2D eigenvalue weighted by molar-refractivity contribution is -0.139. The summed E-state index contributed by atoms with van der Waals surface area (Å²) in [7, 11) is 4.53. The number of ether oxygens (including phenoxy) is 3. The molecule has 0 bridgehead atoms. The second-order valence-electron chi connectivity index (χ2n) is 6.15. The highest BCUT2D eigenvalue weighted by Crippen LogP contribution is 2.32. The molecule has 3 rings (SSSR count). The maximum absolute atomic E-state index is 12.8. The molecule has 8 nitrogen and oxygen atoms in total. The van der Waals surface area contributed by atoms with E-state index in [-0.39, 0.29) is 6.54 Å². The maximum atomic E-state index is 12.8. The fourth-order valence-electron chi connectivity index (χ4n) is 2.97. The van der Waals surface area contributed by atoms with Gasteiger partial charge in [0.2, 0.25) is 0 Å². The lowest BCUT2D eigenvalue weighted by Gasteiger charge is -2.18. The summed E-state index contributed by atoms with van der Waals surface area (Å²) in [5, 5.41) is 0. The third-order valence-electron chi connectivity index (χ3n) is 4.55. The van der Waals surface area contributed by atoms with Crippen molar-refractivity contribution in [2.45, 2.75) is 13.5 Å². The van der Waals surface area contributed by atoms with Gasteiger partial charge in [0.05, 0.1) is 33.6 Å². The molecule has 1 saturated heterocycles. The monoisotopic (exact) mass is 384 g/mol. The van der Waals surface area contributed by atoms with E-state index in [1.807, 2.05) is 6.92 Å². The third kappa shape index (κ3) is 3.24. The Morgan fingerprint density at radius 2 is 1.43 bits per heavy atom. The Kier molecular flexibility index (Phi) is 5.21. The first-order chi connectivity index (χ1) is 13.4. The van der Waals surface area contributed by atoms with Crippen LogP contribution in [0.15, 0.2) is 36.4 Å². The van der Waals surface area contributed by atoms with Gasteiger partial charge >= 0.3 is 17.8 Å². The van der Waals surface area contributed by atoms with Gasteiger partial charge in [0.1, 0.15) is 5.75 Å². The zero-order valence-electron chi connectivity index (χ0n) is 16.0. The number of imide groups is 2. The predicted octanol–water partition coefficient (Wildman–Crippen LogP) is 2.52. The average Bonchev–Trinajstić information content (AvgIpc) is 2.92. The van der Waals surface area contributed by atoms with E-state index in [1.165, 1.54) is 21.3 Å². The van der Waals surface area contributed by atoms with Crippen LogP contribution in [-0.4, -0.2) is 44.1 Å². The molecule has 4 amide bonds. The summed E-state index contributed by atoms with van der Waals surface area (Å²) >= 11 is 0. The van der Waals surface area contributed by atoms with Gasteiger partial charge in [-0.05, 0) is 54.4 Å². The van der Waals surface area contributed by atoms with Crippen LogP contribution < -0.4 is 19.1 Å². The van der Waals surface area contributed by atoms with E-state index in [0.717, 1.165) is 15.4 Å². The fourth-order valence-corrected chi connectivity index (χ4v) is 2.97. The molecule has 0 N–H and O–H groups in total. The van der Waals surface area contributed by atoms with Crippen LogP contribution in [-0.2, 0) is 16.1 Å². The first kappa shape index (κ1) is 19.2. The Labute approximate surface area is 162 Å². The summed E-state index contributed by atoms with van der Waals surface area (Å²) in [5.74, 6) is -0.186. The lowest BCUT2D eigenvalue weighted by atomic mass is 10.1. The molecule has 0 aromatic heterocycles. The Bertz CT molecular complexity index is 938. The van der Waals surface area contributed by atoms with Crippen LogP contribution in [0, 0.1) is 6.92 Å². The number of nitrogens with zero attached hydrogens (tertiary/aromatic N) is 2. The zero-order chi connectivity index (χ0) is 20.4. The molecule has 0 unspecified atom stereocenters. The molecule has 2 aromatic carbocycles. The summed E-state index contributed by atoms with van der Waals surface area (Å²) < 4.78 is 15.6. The first-order valence-electron chi connectivity index (χ1n) is 8.46. The molecule has 1 fully saturated rings. The average molecular weight is 384 g/mol. The number of carbonyl (C=O) groups is 3. The molecule has 0 saturated carbocycles. The minimum Gasteiger partial charge on any atom is -0.497 e. The SMILES string of the molecule is COc1ccc(N2C(=O)C(=O)N(Cc3cc(OC)c(OC)cc3C)C2=O)cc1. The van der Waals surface area contributed by atoms with E-state index in [1.54, 1.807) is 36.4 Å². The molecule has 0 radical (unpaired) electrons. The highest BCUT2D eigenvalue weighted by Gasteiger charge is 2.45. The van der Waals surface area contributed by atoms with Gasteiger partial charge in [-0.2, -0.15) is 0 Å². The largest absolute Gasteiger partial charge is 0.497 e. The Hall–Kier alpha value is -3.55. The molecule has 1 heterocycles. The van der Waals surface area contributed by atoms with Crippen molar-refractivity contribution in [3.8, 4) is 17.2 Å². The van der Waals surface area contributed by atoms with E-state index in [4.69, 9.17) is 14.2 Å². The number of urea groups is 1. The zero-order valence-corrected chi connectivity index (χ0v) is 16.0. The van der Waals surface area contributed by atoms with Crippen LogP contribution >= 0.6 is 0 Å². The number of rotatable bonds is 6. The number of benzene rings is 2. The van der Waals surface area contributed by atoms with Crippen LogP contribution in [0.3, 0.4) is 0 Å². The number of anilines is 1. The van der Waals surface area contributed by atoms with Crippen LogP contribution in [0.5, 0.6) is 17.2 Å². The predicted molar refractivity (Wildman–Crippen MR) is 101 cm³/mol. The molecular weight excluding hydrogens is 364 g/mol. The maximum Gasteiger partial charge on any atom is 0.339 e. The Morgan fingerprint density at radius 3 is 2.00 bits per heavy atom. The Balaban J connectivity index is 1.90. The number of hydrogen-bond acceptors (Lipinski definition) is 6. The molecule has 1 aliphatic rings. The Morgan fingerprint density at radius 1 is 0.821 bits per heavy atom. The fraction of sp³-hybridized carbons (Fsp3) is 0.250. The molecule has 2 aromatic rings. The molecule has 0 spiro atoms. The van der Waals surface area contributed by atoms with Crippen LogP contribution in [0.25, 0.3) is 0 Å². The van der Waals surface area contributed by atoms with Crippen LogP contribution in [0.2, 0.25) is 0 Å². The lowest BCUT2D eigenvalue weighted by Crippen LogP contribution is -2.33. The van der Waals surface area contributed by atoms with Gasteiger partial charge in [0, 0.05) is 0 Å². The quantitative estimate of drug-likeness (QED) is 0.562. The molecule has 8 heteroatoms. The highest BCUT2D eigenvalue weighted by atomic mass is 16.5. The minimum absolute atomic E-state index is 0.0533.